The van der Waals surface area contributed by atoms with Gasteiger partial charge in [-0.05, 0) is 120 Å². The van der Waals surface area contributed by atoms with Crippen molar-refractivity contribution >= 4 is 44.6 Å². The summed E-state index contributed by atoms with van der Waals surface area (Å²) in [7, 11) is -2.19. The monoisotopic (exact) mass is 907 g/mol. The molecule has 3 fully saturated rings. The number of fused-ring (bicyclic) bond motifs is 3. The Bertz CT molecular complexity index is 2200. The summed E-state index contributed by atoms with van der Waals surface area (Å²) in [6.07, 6.45) is 2.93. The number of ether oxygens (including phenoxy) is 4. The first-order chi connectivity index (χ1) is 29.5. The number of carbonyl (C=O) groups excluding carboxylic acids is 4. The van der Waals surface area contributed by atoms with Crippen LogP contribution in [0.3, 0.4) is 0 Å². The molecule has 63 heavy (non-hydrogen) atoms. The molecule has 2 aliphatic heterocycles. The molecule has 1 saturated heterocycles. The molecule has 4 N–H and O–H groups in total. The van der Waals surface area contributed by atoms with Gasteiger partial charge in [-0.25, -0.2) is 13.2 Å². The van der Waals surface area contributed by atoms with Crippen molar-refractivity contribution in [3.63, 3.8) is 0 Å². The van der Waals surface area contributed by atoms with E-state index in [4.69, 9.17) is 24.7 Å². The van der Waals surface area contributed by atoms with Crippen LogP contribution in [0, 0.1) is 23.7 Å². The minimum absolute atomic E-state index is 0.0214. The van der Waals surface area contributed by atoms with Crippen molar-refractivity contribution < 1.29 is 59.7 Å². The number of rotatable bonds is 17. The van der Waals surface area contributed by atoms with Gasteiger partial charge in [-0.1, -0.05) is 32.4 Å². The van der Waals surface area contributed by atoms with E-state index in [-0.39, 0.29) is 30.7 Å². The standard InChI is InChI=1S/C44H60F3N5O10S/c1-25(11-7-8-12-27-13-9-14-30(27)37(54)51-63(57,58)43(5)18-19-43)21-26(2)35(49-41(56)62-42(3,4)44(45,46)47)40(55)52-24-29(23-34(52)36(48)53)61-39-32-17-16-28(59-6)22-33(32)31-15-10-20-60-38(31)50-39/h8,12,16-17,22,25-27,29-30,34-35H,7,9-11,13-15,18-21,23-24H2,1-6H3,(H2,48,53)(H,49,56)(H,51,54)/b12-8-/t25-,26+,27+,29+,30?,34-,35-/m0/s1. The number of benzene rings is 1. The first-order valence-corrected chi connectivity index (χ1v) is 23.2. The third-order valence-electron chi connectivity index (χ3n) is 13.1. The largest absolute Gasteiger partial charge is 0.497 e. The number of carbonyl (C=O) groups is 4. The molecule has 2 aromatic rings. The van der Waals surface area contributed by atoms with E-state index >= 15 is 0 Å². The summed E-state index contributed by atoms with van der Waals surface area (Å²) in [5.74, 6) is -2.14. The van der Waals surface area contributed by atoms with Crippen LogP contribution in [0.1, 0.15) is 104 Å². The van der Waals surface area contributed by atoms with Crippen LogP contribution in [0.4, 0.5) is 18.0 Å². The summed E-state index contributed by atoms with van der Waals surface area (Å²) < 4.78 is 90.6. The maximum Gasteiger partial charge on any atom is 0.427 e. The van der Waals surface area contributed by atoms with Gasteiger partial charge in [0, 0.05) is 23.3 Å². The summed E-state index contributed by atoms with van der Waals surface area (Å²) in [5.41, 5.74) is 3.86. The number of methoxy groups -OCH3 is 1. The van der Waals surface area contributed by atoms with Crippen molar-refractivity contribution in [2.75, 3.05) is 20.3 Å². The fourth-order valence-corrected chi connectivity index (χ4v) is 10.1. The third-order valence-corrected chi connectivity index (χ3v) is 15.2. The molecule has 1 aromatic heterocycles. The van der Waals surface area contributed by atoms with E-state index in [1.807, 2.05) is 25.1 Å². The summed E-state index contributed by atoms with van der Waals surface area (Å²) in [5, 5.41) is 3.87. The second-order valence-electron chi connectivity index (χ2n) is 18.4. The van der Waals surface area contributed by atoms with Crippen LogP contribution >= 0.6 is 0 Å². The second kappa shape index (κ2) is 18.7. The fraction of sp³-hybridized carbons (Fsp3) is 0.659. The number of nitrogens with zero attached hydrogens (tertiary/aromatic N) is 2. The molecule has 15 nitrogen and oxygen atoms in total. The Labute approximate surface area is 366 Å². The van der Waals surface area contributed by atoms with Crippen molar-refractivity contribution in [1.29, 1.82) is 0 Å². The Morgan fingerprint density at radius 2 is 1.84 bits per heavy atom. The first-order valence-electron chi connectivity index (χ1n) is 21.7. The van der Waals surface area contributed by atoms with Crippen molar-refractivity contribution in [2.24, 2.45) is 29.4 Å². The number of hydrogen-bond donors (Lipinski definition) is 3. The summed E-state index contributed by atoms with van der Waals surface area (Å²) >= 11 is 0. The van der Waals surface area contributed by atoms with Crippen LogP contribution in [0.5, 0.6) is 17.5 Å². The molecule has 0 radical (unpaired) electrons. The number of aromatic nitrogens is 1. The molecule has 348 valence electrons. The molecule has 4 amide bonds. The number of pyridine rings is 1. The van der Waals surface area contributed by atoms with Gasteiger partial charge in [0.1, 0.15) is 23.9 Å². The number of nitrogens with one attached hydrogen (secondary N) is 2. The van der Waals surface area contributed by atoms with Gasteiger partial charge in [-0.3, -0.25) is 19.1 Å². The zero-order valence-electron chi connectivity index (χ0n) is 36.7. The molecule has 19 heteroatoms. The summed E-state index contributed by atoms with van der Waals surface area (Å²) in [6, 6.07) is 2.83. The van der Waals surface area contributed by atoms with Gasteiger partial charge in [0.2, 0.25) is 45.1 Å². The lowest BCUT2D eigenvalue weighted by Crippen LogP contribution is -2.56. The van der Waals surface area contributed by atoms with Gasteiger partial charge < -0.3 is 34.9 Å². The highest BCUT2D eigenvalue weighted by molar-refractivity contribution is 7.91. The van der Waals surface area contributed by atoms with Gasteiger partial charge >= 0.3 is 12.3 Å². The number of allylic oxidation sites excluding steroid dienone is 2. The molecule has 0 bridgehead atoms. The molecule has 2 saturated carbocycles. The minimum Gasteiger partial charge on any atom is -0.497 e. The van der Waals surface area contributed by atoms with Crippen LogP contribution in [0.25, 0.3) is 10.8 Å². The fourth-order valence-electron chi connectivity index (χ4n) is 8.78. The van der Waals surface area contributed by atoms with Crippen molar-refractivity contribution in [3.05, 3.63) is 35.9 Å². The van der Waals surface area contributed by atoms with Crippen LogP contribution in [0.15, 0.2) is 30.4 Å². The zero-order valence-corrected chi connectivity index (χ0v) is 37.5. The van der Waals surface area contributed by atoms with E-state index < -0.39 is 80.4 Å². The number of alkyl halides is 3. The normalized spacial score (nSPS) is 23.6. The van der Waals surface area contributed by atoms with E-state index in [0.717, 1.165) is 36.6 Å². The Balaban J connectivity index is 1.15. The number of amides is 4. The molecule has 3 heterocycles. The Morgan fingerprint density at radius 1 is 1.11 bits per heavy atom. The van der Waals surface area contributed by atoms with Crippen molar-refractivity contribution in [2.45, 2.75) is 140 Å². The second-order valence-corrected chi connectivity index (χ2v) is 20.6. The number of hydrogen-bond acceptors (Lipinski definition) is 11. The average Bonchev–Trinajstić information content (AvgIpc) is 3.58. The highest BCUT2D eigenvalue weighted by Gasteiger charge is 2.53. The number of sulfonamides is 1. The number of aryl methyl sites for hydroxylation is 1. The van der Waals surface area contributed by atoms with E-state index in [1.54, 1.807) is 33.1 Å². The summed E-state index contributed by atoms with van der Waals surface area (Å²) in [4.78, 5) is 59.5. The molecular formula is C44H60F3N5O10S. The third kappa shape index (κ3) is 10.8. The SMILES string of the molecule is COc1ccc2c(O[C@@H]3C[C@@H](C(N)=O)N(C(=O)[C@@H](NC(=O)OC(C)(C)C(F)(F)F)[C@H](C)C[C@@H](C)CC/C=C\[C@@H]4CCCC4C(=O)NS(=O)(=O)C4(C)CC4)C3)nc3c(c2c1)CCCO3. The Kier molecular flexibility index (Phi) is 14.2. The highest BCUT2D eigenvalue weighted by atomic mass is 32.2. The lowest BCUT2D eigenvalue weighted by Gasteiger charge is -2.33. The Hall–Kier alpha value is -4.81. The van der Waals surface area contributed by atoms with Crippen LogP contribution in [0.2, 0.25) is 0 Å². The molecule has 1 unspecified atom stereocenters. The molecule has 1 aromatic carbocycles. The van der Waals surface area contributed by atoms with Gasteiger partial charge in [-0.15, -0.1) is 0 Å². The molecule has 6 rings (SSSR count). The van der Waals surface area contributed by atoms with Crippen LogP contribution < -0.4 is 30.0 Å². The zero-order chi connectivity index (χ0) is 46.1. The maximum absolute atomic E-state index is 14.5. The lowest BCUT2D eigenvalue weighted by molar-refractivity contribution is -0.244. The molecular weight excluding hydrogens is 848 g/mol. The highest BCUT2D eigenvalue weighted by Crippen LogP contribution is 2.43. The average molecular weight is 908 g/mol. The maximum atomic E-state index is 14.5. The smallest absolute Gasteiger partial charge is 0.427 e. The number of likely N-dealkylation sites (tertiary alicyclic amines) is 1. The van der Waals surface area contributed by atoms with Crippen molar-refractivity contribution in [3.8, 4) is 17.5 Å². The van der Waals surface area contributed by atoms with Gasteiger partial charge in [0.15, 0.2) is 0 Å². The van der Waals surface area contributed by atoms with Crippen LogP contribution in [-0.2, 0) is 35.6 Å². The molecule has 2 aliphatic carbocycles. The molecule has 4 aliphatic rings. The van der Waals surface area contributed by atoms with E-state index in [1.165, 1.54) is 4.90 Å². The van der Waals surface area contributed by atoms with E-state index in [0.29, 0.717) is 76.0 Å². The first kappa shape index (κ1) is 47.7. The number of halogens is 3. The van der Waals surface area contributed by atoms with Gasteiger partial charge in [0.05, 0.1) is 25.0 Å². The van der Waals surface area contributed by atoms with Gasteiger partial charge in [0.25, 0.3) is 0 Å². The number of primary amides is 1. The number of alkyl carbamates (subject to hydrolysis) is 1. The molecule has 7 atom stereocenters. The Morgan fingerprint density at radius 3 is 2.51 bits per heavy atom. The van der Waals surface area contributed by atoms with E-state index in [2.05, 4.69) is 15.0 Å². The predicted molar refractivity (Wildman–Crippen MR) is 226 cm³/mol. The lowest BCUT2D eigenvalue weighted by atomic mass is 9.87. The van der Waals surface area contributed by atoms with Gasteiger partial charge in [-0.2, -0.15) is 18.2 Å². The quantitative estimate of drug-likeness (QED) is 0.151. The summed E-state index contributed by atoms with van der Waals surface area (Å²) in [6.45, 7) is 6.96. The predicted octanol–water partition coefficient (Wildman–Crippen LogP) is 6.25. The minimum atomic E-state index is -4.91. The van der Waals surface area contributed by atoms with E-state index in [9.17, 15) is 40.8 Å². The van der Waals surface area contributed by atoms with Crippen molar-refractivity contribution in [1.82, 2.24) is 19.9 Å². The van der Waals surface area contributed by atoms with Crippen LogP contribution in [-0.4, -0.2) is 97.1 Å². The topological polar surface area (TPSA) is 206 Å². The molecule has 0 spiro atoms. The number of nitrogens with two attached hydrogens (primary N) is 1.